The van der Waals surface area contributed by atoms with Crippen molar-refractivity contribution in [2.45, 2.75) is 59.0 Å². The molecule has 0 spiro atoms. The zero-order valence-electron chi connectivity index (χ0n) is 23.5. The Morgan fingerprint density at radius 3 is 2.45 bits per heavy atom. The van der Waals surface area contributed by atoms with E-state index in [9.17, 15) is 9.59 Å². The first-order chi connectivity index (χ1) is 19.4. The Hall–Kier alpha value is -3.16. The molecule has 7 nitrogen and oxygen atoms in total. The van der Waals surface area contributed by atoms with Crippen molar-refractivity contribution in [1.29, 1.82) is 0 Å². The Labute approximate surface area is 242 Å². The minimum atomic E-state index is -0.168. The molecule has 2 heterocycles. The first-order valence-corrected chi connectivity index (χ1v) is 14.9. The second kappa shape index (κ2) is 13.0. The standard InChI is InChI=1S/C32H39ClN4O3/c1-23(2)19-28-20-30(40-34-28)32(39)36-17-5-15-35(21-24-9-13-27(33)14-10-24)16-6-18-37(31(38)25-11-12-25)29-8-4-3-7-26(29)22-36/h3-4,7-10,13-14,20,23,25H,5-6,11-12,15-19,21-22H2,1-2H3. The summed E-state index contributed by atoms with van der Waals surface area (Å²) >= 11 is 6.11. The summed E-state index contributed by atoms with van der Waals surface area (Å²) in [4.78, 5) is 33.4. The van der Waals surface area contributed by atoms with Crippen LogP contribution in [0, 0.1) is 11.8 Å². The van der Waals surface area contributed by atoms with E-state index in [1.165, 1.54) is 5.56 Å². The van der Waals surface area contributed by atoms with E-state index in [0.717, 1.165) is 73.7 Å². The van der Waals surface area contributed by atoms with Crippen LogP contribution in [0.25, 0.3) is 0 Å². The average Bonchev–Trinajstić information content (AvgIpc) is 3.69. The summed E-state index contributed by atoms with van der Waals surface area (Å²) in [7, 11) is 0. The van der Waals surface area contributed by atoms with Gasteiger partial charge in [-0.1, -0.05) is 60.9 Å². The Kier molecular flexibility index (Phi) is 9.22. The molecule has 0 N–H and O–H groups in total. The number of rotatable bonds is 6. The first-order valence-electron chi connectivity index (χ1n) is 14.5. The van der Waals surface area contributed by atoms with Crippen molar-refractivity contribution in [2.75, 3.05) is 31.1 Å². The van der Waals surface area contributed by atoms with Gasteiger partial charge >= 0.3 is 0 Å². The number of nitrogens with zero attached hydrogens (tertiary/aromatic N) is 4. The molecule has 0 saturated heterocycles. The Balaban J connectivity index is 1.42. The van der Waals surface area contributed by atoms with E-state index in [0.29, 0.717) is 25.6 Å². The van der Waals surface area contributed by atoms with Crippen LogP contribution in [0.15, 0.2) is 59.1 Å². The summed E-state index contributed by atoms with van der Waals surface area (Å²) in [5.41, 5.74) is 3.87. The largest absolute Gasteiger partial charge is 0.351 e. The number of benzene rings is 2. The third-order valence-electron chi connectivity index (χ3n) is 7.59. The van der Waals surface area contributed by atoms with E-state index in [2.05, 4.69) is 36.0 Å². The van der Waals surface area contributed by atoms with E-state index >= 15 is 0 Å². The fraction of sp³-hybridized carbons (Fsp3) is 0.469. The lowest BCUT2D eigenvalue weighted by atomic mass is 10.1. The molecule has 8 heteroatoms. The molecule has 3 aromatic rings. The van der Waals surface area contributed by atoms with E-state index < -0.39 is 0 Å². The van der Waals surface area contributed by atoms with Gasteiger partial charge in [-0.2, -0.15) is 0 Å². The van der Waals surface area contributed by atoms with Crippen LogP contribution in [0.3, 0.4) is 0 Å². The summed E-state index contributed by atoms with van der Waals surface area (Å²) in [6, 6.07) is 17.8. The second-order valence-corrected chi connectivity index (χ2v) is 11.9. The number of anilines is 1. The fourth-order valence-electron chi connectivity index (χ4n) is 5.40. The van der Waals surface area contributed by atoms with Gasteiger partial charge in [0, 0.05) is 62.0 Å². The highest BCUT2D eigenvalue weighted by Gasteiger charge is 2.35. The normalized spacial score (nSPS) is 17.3. The number of amides is 2. The summed E-state index contributed by atoms with van der Waals surface area (Å²) in [6.07, 6.45) is 4.36. The van der Waals surface area contributed by atoms with Crippen molar-refractivity contribution < 1.29 is 14.1 Å². The van der Waals surface area contributed by atoms with Gasteiger partial charge in [0.25, 0.3) is 5.91 Å². The molecule has 1 saturated carbocycles. The van der Waals surface area contributed by atoms with Crippen LogP contribution in [0.1, 0.15) is 66.9 Å². The van der Waals surface area contributed by atoms with Crippen LogP contribution in [-0.4, -0.2) is 52.9 Å². The van der Waals surface area contributed by atoms with Gasteiger partial charge in [-0.05, 0) is 67.3 Å². The lowest BCUT2D eigenvalue weighted by Gasteiger charge is -2.31. The Morgan fingerprint density at radius 1 is 1.00 bits per heavy atom. The number of hydrogen-bond donors (Lipinski definition) is 0. The number of carbonyl (C=O) groups excluding carboxylic acids is 2. The van der Waals surface area contributed by atoms with Crippen LogP contribution in [0.5, 0.6) is 0 Å². The van der Waals surface area contributed by atoms with Crippen LogP contribution < -0.4 is 4.90 Å². The summed E-state index contributed by atoms with van der Waals surface area (Å²) in [5, 5.41) is 4.88. The van der Waals surface area contributed by atoms with Crippen LogP contribution in [-0.2, 0) is 24.3 Å². The zero-order valence-corrected chi connectivity index (χ0v) is 24.3. The smallest absolute Gasteiger partial charge is 0.292 e. The van der Waals surface area contributed by atoms with Crippen molar-refractivity contribution in [1.82, 2.24) is 15.0 Å². The Bertz CT molecular complexity index is 1300. The first kappa shape index (κ1) is 28.4. The van der Waals surface area contributed by atoms with Crippen molar-refractivity contribution in [3.05, 3.63) is 82.2 Å². The molecule has 2 amide bonds. The number of carbonyl (C=O) groups is 2. The maximum Gasteiger partial charge on any atom is 0.292 e. The molecule has 212 valence electrons. The quantitative estimate of drug-likeness (QED) is 0.357. The van der Waals surface area contributed by atoms with Gasteiger partial charge in [0.15, 0.2) is 0 Å². The van der Waals surface area contributed by atoms with Gasteiger partial charge in [0.05, 0.1) is 5.69 Å². The zero-order chi connectivity index (χ0) is 28.1. The third kappa shape index (κ3) is 7.32. The molecule has 5 rings (SSSR count). The maximum atomic E-state index is 13.7. The van der Waals surface area contributed by atoms with Gasteiger partial charge in [-0.3, -0.25) is 14.5 Å². The fourth-order valence-corrected chi connectivity index (χ4v) is 5.53. The van der Waals surface area contributed by atoms with Gasteiger partial charge in [0.2, 0.25) is 11.7 Å². The van der Waals surface area contributed by atoms with Gasteiger partial charge < -0.3 is 14.3 Å². The van der Waals surface area contributed by atoms with Gasteiger partial charge in [0.1, 0.15) is 0 Å². The molecule has 40 heavy (non-hydrogen) atoms. The SMILES string of the molecule is CC(C)Cc1cc(C(=O)N2CCCN(Cc3ccc(Cl)cc3)CCCN(C(=O)C3CC3)c3ccccc3C2)on1. The van der Waals surface area contributed by atoms with Crippen molar-refractivity contribution in [3.63, 3.8) is 0 Å². The number of hydrogen-bond acceptors (Lipinski definition) is 5. The molecule has 1 aliphatic carbocycles. The van der Waals surface area contributed by atoms with E-state index in [-0.39, 0.29) is 23.5 Å². The summed E-state index contributed by atoms with van der Waals surface area (Å²) in [5.74, 6) is 0.823. The number of aromatic nitrogens is 1. The molecule has 0 bridgehead atoms. The number of para-hydroxylation sites is 1. The molecule has 0 radical (unpaired) electrons. The van der Waals surface area contributed by atoms with Crippen LogP contribution in [0.2, 0.25) is 5.02 Å². The predicted molar refractivity (Wildman–Crippen MR) is 157 cm³/mol. The molecule has 1 aliphatic heterocycles. The lowest BCUT2D eigenvalue weighted by molar-refractivity contribution is -0.119. The number of halogens is 1. The van der Waals surface area contributed by atoms with Crippen molar-refractivity contribution in [3.8, 4) is 0 Å². The van der Waals surface area contributed by atoms with E-state index in [1.54, 1.807) is 6.07 Å². The van der Waals surface area contributed by atoms with Crippen molar-refractivity contribution in [2.24, 2.45) is 11.8 Å². The summed E-state index contributed by atoms with van der Waals surface area (Å²) < 4.78 is 5.52. The second-order valence-electron chi connectivity index (χ2n) is 11.5. The number of fused-ring (bicyclic) bond motifs is 1. The van der Waals surface area contributed by atoms with Crippen LogP contribution >= 0.6 is 11.6 Å². The minimum Gasteiger partial charge on any atom is -0.351 e. The van der Waals surface area contributed by atoms with Crippen LogP contribution in [0.4, 0.5) is 5.69 Å². The molecule has 2 aromatic carbocycles. The van der Waals surface area contributed by atoms with Crippen molar-refractivity contribution >= 4 is 29.1 Å². The summed E-state index contributed by atoms with van der Waals surface area (Å²) in [6.45, 7) is 8.34. The predicted octanol–water partition coefficient (Wildman–Crippen LogP) is 6.21. The minimum absolute atomic E-state index is 0.109. The maximum absolute atomic E-state index is 13.7. The molecular formula is C32H39ClN4O3. The lowest BCUT2D eigenvalue weighted by Crippen LogP contribution is -2.39. The molecule has 2 aliphatic rings. The molecule has 0 unspecified atom stereocenters. The highest BCUT2D eigenvalue weighted by molar-refractivity contribution is 6.30. The molecule has 0 atom stereocenters. The highest BCUT2D eigenvalue weighted by atomic mass is 35.5. The van der Waals surface area contributed by atoms with Gasteiger partial charge in [-0.25, -0.2) is 0 Å². The molecular weight excluding hydrogens is 524 g/mol. The topological polar surface area (TPSA) is 69.9 Å². The van der Waals surface area contributed by atoms with Gasteiger partial charge in [-0.15, -0.1) is 0 Å². The van der Waals surface area contributed by atoms with E-state index in [1.807, 2.05) is 46.2 Å². The van der Waals surface area contributed by atoms with E-state index in [4.69, 9.17) is 16.1 Å². The molecule has 1 aromatic heterocycles. The average molecular weight is 563 g/mol. The highest BCUT2D eigenvalue weighted by Crippen LogP contribution is 2.34. The third-order valence-corrected chi connectivity index (χ3v) is 7.84. The monoisotopic (exact) mass is 562 g/mol. The molecule has 1 fully saturated rings. The Morgan fingerprint density at radius 2 is 1.73 bits per heavy atom.